The minimum Gasteiger partial charge on any atom is -0.348 e. The molecular weight excluding hydrogens is 254 g/mol. The third-order valence-corrected chi connectivity index (χ3v) is 5.92. The van der Waals surface area contributed by atoms with Crippen LogP contribution in [0.15, 0.2) is 0 Å². The summed E-state index contributed by atoms with van der Waals surface area (Å²) < 4.78 is 0. The topological polar surface area (TPSA) is 28.2 Å². The van der Waals surface area contributed by atoms with Gasteiger partial charge in [0.2, 0.25) is 0 Å². The Morgan fingerprint density at radius 2 is 2.05 bits per heavy atom. The Hall–Kier alpha value is -0.610. The first-order chi connectivity index (χ1) is 9.19. The van der Waals surface area contributed by atoms with Gasteiger partial charge in [0.25, 0.3) is 0 Å². The molecule has 0 spiro atoms. The lowest BCUT2D eigenvalue weighted by atomic mass is 9.98. The molecule has 3 nitrogen and oxygen atoms in total. The maximum atomic E-state index is 4.94. The molecule has 1 aromatic heterocycles. The molecule has 1 aliphatic heterocycles. The number of hydrogen-bond donors (Lipinski definition) is 1. The van der Waals surface area contributed by atoms with Crippen molar-refractivity contribution in [3.05, 3.63) is 10.6 Å². The molecule has 19 heavy (non-hydrogen) atoms. The predicted octanol–water partition coefficient (Wildman–Crippen LogP) is 3.22. The summed E-state index contributed by atoms with van der Waals surface area (Å²) in [5.74, 6) is 1.59. The number of nitrogens with one attached hydrogen (secondary N) is 1. The van der Waals surface area contributed by atoms with E-state index in [1.54, 1.807) is 0 Å². The highest BCUT2D eigenvalue weighted by atomic mass is 32.1. The third kappa shape index (κ3) is 2.52. The molecule has 3 atom stereocenters. The number of aryl methyl sites for hydroxylation is 1. The highest BCUT2D eigenvalue weighted by Crippen LogP contribution is 2.39. The van der Waals surface area contributed by atoms with E-state index in [2.05, 4.69) is 31.0 Å². The first-order valence-corrected chi connectivity index (χ1v) is 8.48. The van der Waals surface area contributed by atoms with Gasteiger partial charge in [0.1, 0.15) is 0 Å². The molecule has 1 N–H and O–H groups in total. The normalized spacial score (nSPS) is 30.7. The Labute approximate surface area is 120 Å². The van der Waals surface area contributed by atoms with Gasteiger partial charge in [0.15, 0.2) is 5.13 Å². The van der Waals surface area contributed by atoms with Crippen LogP contribution >= 0.6 is 11.3 Å². The number of rotatable bonds is 3. The first-order valence-electron chi connectivity index (χ1n) is 7.67. The number of thiazole rings is 1. The molecule has 0 aromatic carbocycles. The van der Waals surface area contributed by atoms with E-state index in [0.717, 1.165) is 18.4 Å². The summed E-state index contributed by atoms with van der Waals surface area (Å²) >= 11 is 1.94. The summed E-state index contributed by atoms with van der Waals surface area (Å²) in [6, 6.07) is 0.553. The third-order valence-electron chi connectivity index (χ3n) is 4.65. The Balaban J connectivity index is 1.82. The second-order valence-electron chi connectivity index (χ2n) is 6.17. The van der Waals surface area contributed by atoms with Gasteiger partial charge in [0, 0.05) is 24.0 Å². The van der Waals surface area contributed by atoms with Crippen molar-refractivity contribution in [1.29, 1.82) is 0 Å². The summed E-state index contributed by atoms with van der Waals surface area (Å²) in [7, 11) is 0. The molecule has 1 saturated heterocycles. The molecule has 2 heterocycles. The smallest absolute Gasteiger partial charge is 0.185 e. The average Bonchev–Trinajstić information content (AvgIpc) is 2.95. The molecule has 1 fully saturated rings. The quantitative estimate of drug-likeness (QED) is 0.921. The molecule has 106 valence electrons. The van der Waals surface area contributed by atoms with E-state index in [1.165, 1.54) is 48.1 Å². The van der Waals surface area contributed by atoms with Crippen LogP contribution in [0.1, 0.15) is 50.2 Å². The Morgan fingerprint density at radius 3 is 2.74 bits per heavy atom. The minimum absolute atomic E-state index is 0.553. The molecule has 0 amide bonds. The lowest BCUT2D eigenvalue weighted by Gasteiger charge is -2.21. The van der Waals surface area contributed by atoms with Gasteiger partial charge >= 0.3 is 0 Å². The Kier molecular flexibility index (Phi) is 3.81. The van der Waals surface area contributed by atoms with Gasteiger partial charge < -0.3 is 10.2 Å². The minimum atomic E-state index is 0.553. The van der Waals surface area contributed by atoms with Crippen molar-refractivity contribution < 1.29 is 0 Å². The molecular formula is C15H25N3S. The fourth-order valence-corrected chi connectivity index (χ4v) is 4.51. The Morgan fingerprint density at radius 1 is 1.32 bits per heavy atom. The Bertz CT molecular complexity index is 433. The van der Waals surface area contributed by atoms with Crippen LogP contribution in [0.4, 0.5) is 5.13 Å². The largest absolute Gasteiger partial charge is 0.348 e. The van der Waals surface area contributed by atoms with E-state index in [9.17, 15) is 0 Å². The molecule has 1 aliphatic carbocycles. The van der Waals surface area contributed by atoms with E-state index in [0.29, 0.717) is 6.04 Å². The fourth-order valence-electron chi connectivity index (χ4n) is 3.27. The number of aromatic nitrogens is 1. The molecule has 0 bridgehead atoms. The lowest BCUT2D eigenvalue weighted by molar-refractivity contribution is 0.476. The number of fused-ring (bicyclic) bond motifs is 1. The molecule has 4 heteroatoms. The zero-order chi connectivity index (χ0) is 13.4. The van der Waals surface area contributed by atoms with E-state index in [-0.39, 0.29) is 0 Å². The van der Waals surface area contributed by atoms with Crippen molar-refractivity contribution in [2.45, 2.75) is 46.1 Å². The molecule has 0 radical (unpaired) electrons. The monoisotopic (exact) mass is 279 g/mol. The van der Waals surface area contributed by atoms with Crippen LogP contribution in [-0.4, -0.2) is 24.6 Å². The van der Waals surface area contributed by atoms with Gasteiger partial charge in [-0.3, -0.25) is 0 Å². The van der Waals surface area contributed by atoms with Gasteiger partial charge in [0.05, 0.1) is 5.69 Å². The molecule has 3 rings (SSSR count). The van der Waals surface area contributed by atoms with Crippen LogP contribution in [-0.2, 0) is 6.42 Å². The van der Waals surface area contributed by atoms with Crippen molar-refractivity contribution in [2.24, 2.45) is 11.8 Å². The summed E-state index contributed by atoms with van der Waals surface area (Å²) in [4.78, 5) is 8.95. The zero-order valence-electron chi connectivity index (χ0n) is 12.3. The highest BCUT2D eigenvalue weighted by Gasteiger charge is 2.30. The summed E-state index contributed by atoms with van der Waals surface area (Å²) in [6.45, 7) is 10.3. The predicted molar refractivity (Wildman–Crippen MR) is 82.0 cm³/mol. The van der Waals surface area contributed by atoms with Crippen LogP contribution in [0.2, 0.25) is 0 Å². The zero-order valence-corrected chi connectivity index (χ0v) is 13.1. The fraction of sp³-hybridized carbons (Fsp3) is 0.800. The van der Waals surface area contributed by atoms with Crippen LogP contribution in [0.25, 0.3) is 0 Å². The SMILES string of the molecule is CCNC1CCCc2nc(N3CC(C)C(C)C3)sc21. The van der Waals surface area contributed by atoms with Gasteiger partial charge in [-0.1, -0.05) is 32.1 Å². The summed E-state index contributed by atoms with van der Waals surface area (Å²) in [5, 5.41) is 4.88. The van der Waals surface area contributed by atoms with E-state index in [1.807, 2.05) is 11.3 Å². The van der Waals surface area contributed by atoms with Gasteiger partial charge in [-0.25, -0.2) is 4.98 Å². The van der Waals surface area contributed by atoms with E-state index < -0.39 is 0 Å². The van der Waals surface area contributed by atoms with Gasteiger partial charge in [-0.2, -0.15) is 0 Å². The van der Waals surface area contributed by atoms with Crippen molar-refractivity contribution in [1.82, 2.24) is 10.3 Å². The van der Waals surface area contributed by atoms with Crippen molar-refractivity contribution in [2.75, 3.05) is 24.5 Å². The van der Waals surface area contributed by atoms with Gasteiger partial charge in [-0.15, -0.1) is 0 Å². The van der Waals surface area contributed by atoms with Crippen LogP contribution in [0.3, 0.4) is 0 Å². The number of anilines is 1. The van der Waals surface area contributed by atoms with Crippen LogP contribution in [0, 0.1) is 11.8 Å². The number of nitrogens with zero attached hydrogens (tertiary/aromatic N) is 2. The van der Waals surface area contributed by atoms with Crippen molar-refractivity contribution >= 4 is 16.5 Å². The maximum absolute atomic E-state index is 4.94. The van der Waals surface area contributed by atoms with Crippen LogP contribution in [0.5, 0.6) is 0 Å². The molecule has 3 unspecified atom stereocenters. The average molecular weight is 279 g/mol. The molecule has 1 aromatic rings. The number of hydrogen-bond acceptors (Lipinski definition) is 4. The van der Waals surface area contributed by atoms with Crippen molar-refractivity contribution in [3.63, 3.8) is 0 Å². The lowest BCUT2D eigenvalue weighted by Crippen LogP contribution is -2.23. The van der Waals surface area contributed by atoms with Crippen LogP contribution < -0.4 is 10.2 Å². The van der Waals surface area contributed by atoms with Crippen molar-refractivity contribution in [3.8, 4) is 0 Å². The molecule has 0 saturated carbocycles. The van der Waals surface area contributed by atoms with Gasteiger partial charge in [-0.05, 0) is 37.6 Å². The second kappa shape index (κ2) is 5.41. The standard InChI is InChI=1S/C15H25N3S/c1-4-16-12-6-5-7-13-14(12)19-15(17-13)18-8-10(2)11(3)9-18/h10-12,16H,4-9H2,1-3H3. The molecule has 2 aliphatic rings. The second-order valence-corrected chi connectivity index (χ2v) is 7.18. The van der Waals surface area contributed by atoms with E-state index in [4.69, 9.17) is 4.98 Å². The highest BCUT2D eigenvalue weighted by molar-refractivity contribution is 7.15. The first kappa shape index (κ1) is 13.4. The summed E-state index contributed by atoms with van der Waals surface area (Å²) in [6.07, 6.45) is 3.72. The van der Waals surface area contributed by atoms with E-state index >= 15 is 0 Å². The maximum Gasteiger partial charge on any atom is 0.185 e. The summed E-state index contributed by atoms with van der Waals surface area (Å²) in [5.41, 5.74) is 1.37.